The number of rotatable bonds is 1. The fourth-order valence-corrected chi connectivity index (χ4v) is 3.71. The van der Waals surface area contributed by atoms with Gasteiger partial charge in [-0.3, -0.25) is 4.79 Å². The van der Waals surface area contributed by atoms with Crippen molar-refractivity contribution in [3.05, 3.63) is 52.7 Å². The number of allylic oxidation sites excluding steroid dienone is 2. The van der Waals surface area contributed by atoms with Gasteiger partial charge in [-0.05, 0) is 29.5 Å². The first-order chi connectivity index (χ1) is 12.5. The van der Waals surface area contributed by atoms with E-state index in [0.29, 0.717) is 23.3 Å². The molecule has 2 aliphatic rings. The van der Waals surface area contributed by atoms with E-state index in [4.69, 9.17) is 0 Å². The number of ketones is 1. The second kappa shape index (κ2) is 5.64. The third kappa shape index (κ3) is 3.00. The SMILES string of the molecule is CC1(C)CC(=O)C2=C(C1)Nc1nc(C(F)(F)F)nn1C2c1cccc(F)c1. The van der Waals surface area contributed by atoms with Gasteiger partial charge in [0.2, 0.25) is 5.95 Å². The van der Waals surface area contributed by atoms with Crippen LogP contribution >= 0.6 is 0 Å². The van der Waals surface area contributed by atoms with Crippen LogP contribution in [0.4, 0.5) is 23.5 Å². The van der Waals surface area contributed by atoms with E-state index < -0.39 is 23.9 Å². The maximum absolute atomic E-state index is 13.8. The molecule has 1 aromatic heterocycles. The summed E-state index contributed by atoms with van der Waals surface area (Å²) in [5.41, 5.74) is 0.826. The zero-order chi connectivity index (χ0) is 19.6. The van der Waals surface area contributed by atoms with Crippen LogP contribution in [0.3, 0.4) is 0 Å². The van der Waals surface area contributed by atoms with Crippen LogP contribution in [0, 0.1) is 11.2 Å². The second-order valence-electron chi connectivity index (χ2n) is 7.62. The smallest absolute Gasteiger partial charge is 0.328 e. The number of aromatic nitrogens is 3. The molecule has 142 valence electrons. The Kier molecular flexibility index (Phi) is 3.70. The lowest BCUT2D eigenvalue weighted by Crippen LogP contribution is -2.36. The number of anilines is 1. The van der Waals surface area contributed by atoms with Gasteiger partial charge in [-0.15, -0.1) is 5.10 Å². The molecule has 1 atom stereocenters. The molecular weight excluding hydrogens is 364 g/mol. The van der Waals surface area contributed by atoms with Gasteiger partial charge >= 0.3 is 6.18 Å². The summed E-state index contributed by atoms with van der Waals surface area (Å²) in [5, 5.41) is 6.43. The summed E-state index contributed by atoms with van der Waals surface area (Å²) in [6, 6.07) is 4.49. The second-order valence-corrected chi connectivity index (χ2v) is 7.62. The van der Waals surface area contributed by atoms with Crippen molar-refractivity contribution in [1.82, 2.24) is 14.8 Å². The predicted molar refractivity (Wildman–Crippen MR) is 88.2 cm³/mol. The fourth-order valence-electron chi connectivity index (χ4n) is 3.71. The van der Waals surface area contributed by atoms with Crippen molar-refractivity contribution in [2.45, 2.75) is 38.9 Å². The van der Waals surface area contributed by atoms with Crippen molar-refractivity contribution in [3.8, 4) is 0 Å². The lowest BCUT2D eigenvalue weighted by molar-refractivity contribution is -0.145. The van der Waals surface area contributed by atoms with Crippen LogP contribution in [-0.4, -0.2) is 20.5 Å². The summed E-state index contributed by atoms with van der Waals surface area (Å²) in [6.07, 6.45) is -4.02. The van der Waals surface area contributed by atoms with Gasteiger partial charge in [-0.2, -0.15) is 18.2 Å². The Balaban J connectivity index is 1.93. The molecule has 1 unspecified atom stereocenters. The van der Waals surface area contributed by atoms with Crippen molar-refractivity contribution in [2.24, 2.45) is 5.41 Å². The van der Waals surface area contributed by atoms with Gasteiger partial charge in [-0.1, -0.05) is 26.0 Å². The summed E-state index contributed by atoms with van der Waals surface area (Å²) in [7, 11) is 0. The molecule has 5 nitrogen and oxygen atoms in total. The molecule has 1 aliphatic carbocycles. The zero-order valence-corrected chi connectivity index (χ0v) is 14.6. The van der Waals surface area contributed by atoms with E-state index in [9.17, 15) is 22.4 Å². The molecule has 1 aromatic carbocycles. The molecule has 4 rings (SSSR count). The standard InChI is InChI=1S/C18H16F4N4O/c1-17(2)7-11-13(12(27)8-17)14(9-4-3-5-10(19)6-9)26-16(23-11)24-15(25-26)18(20,21)22/h3-6,14H,7-8H2,1-2H3,(H,23,24,25). The molecule has 1 aliphatic heterocycles. The van der Waals surface area contributed by atoms with Gasteiger partial charge in [0.1, 0.15) is 11.9 Å². The zero-order valence-electron chi connectivity index (χ0n) is 14.6. The van der Waals surface area contributed by atoms with E-state index in [1.807, 2.05) is 13.8 Å². The Hall–Kier alpha value is -2.71. The van der Waals surface area contributed by atoms with E-state index in [0.717, 1.165) is 4.68 Å². The van der Waals surface area contributed by atoms with Crippen molar-refractivity contribution in [1.29, 1.82) is 0 Å². The largest absolute Gasteiger partial charge is 0.453 e. The molecule has 0 saturated heterocycles. The highest BCUT2D eigenvalue weighted by atomic mass is 19.4. The van der Waals surface area contributed by atoms with Gasteiger partial charge in [0.05, 0.1) is 0 Å². The number of carbonyl (C=O) groups excluding carboxylic acids is 1. The minimum atomic E-state index is -4.73. The number of nitrogens with zero attached hydrogens (tertiary/aromatic N) is 3. The lowest BCUT2D eigenvalue weighted by atomic mass is 9.73. The summed E-state index contributed by atoms with van der Waals surface area (Å²) in [6.45, 7) is 3.82. The number of alkyl halides is 3. The third-order valence-electron chi connectivity index (χ3n) is 4.75. The summed E-state index contributed by atoms with van der Waals surface area (Å²) >= 11 is 0. The number of hydrogen-bond donors (Lipinski definition) is 1. The number of Topliss-reactive ketones (excluding diaryl/α,β-unsaturated/α-hetero) is 1. The van der Waals surface area contributed by atoms with Crippen molar-refractivity contribution < 1.29 is 22.4 Å². The van der Waals surface area contributed by atoms with Crippen LogP contribution in [0.5, 0.6) is 0 Å². The molecule has 0 saturated carbocycles. The molecule has 2 aromatic rings. The summed E-state index contributed by atoms with van der Waals surface area (Å²) in [4.78, 5) is 16.4. The van der Waals surface area contributed by atoms with E-state index >= 15 is 0 Å². The number of fused-ring (bicyclic) bond motifs is 1. The quantitative estimate of drug-likeness (QED) is 0.757. The first-order valence-corrected chi connectivity index (χ1v) is 8.38. The highest BCUT2D eigenvalue weighted by Crippen LogP contribution is 2.45. The Morgan fingerprint density at radius 3 is 2.67 bits per heavy atom. The Labute approximate surface area is 152 Å². The van der Waals surface area contributed by atoms with Gasteiger partial charge in [0, 0.05) is 17.7 Å². The number of carbonyl (C=O) groups is 1. The Morgan fingerprint density at radius 1 is 1.26 bits per heavy atom. The van der Waals surface area contributed by atoms with E-state index in [-0.39, 0.29) is 23.6 Å². The molecule has 9 heteroatoms. The van der Waals surface area contributed by atoms with Crippen molar-refractivity contribution >= 4 is 11.7 Å². The molecule has 1 N–H and O–H groups in total. The maximum Gasteiger partial charge on any atom is 0.453 e. The van der Waals surface area contributed by atoms with E-state index in [2.05, 4.69) is 15.4 Å². The molecule has 27 heavy (non-hydrogen) atoms. The van der Waals surface area contributed by atoms with E-state index in [1.54, 1.807) is 6.07 Å². The topological polar surface area (TPSA) is 59.8 Å². The molecule has 2 heterocycles. The average molecular weight is 380 g/mol. The van der Waals surface area contributed by atoms with Gasteiger partial charge in [0.15, 0.2) is 5.78 Å². The van der Waals surface area contributed by atoms with Crippen LogP contribution in [0.2, 0.25) is 0 Å². The number of benzene rings is 1. The highest BCUT2D eigenvalue weighted by molar-refractivity contribution is 6.00. The lowest BCUT2D eigenvalue weighted by Gasteiger charge is -2.38. The molecule has 0 fully saturated rings. The number of halogens is 4. The molecule has 0 radical (unpaired) electrons. The minimum Gasteiger partial charge on any atom is -0.328 e. The van der Waals surface area contributed by atoms with E-state index in [1.165, 1.54) is 18.2 Å². The molecular formula is C18H16F4N4O. The van der Waals surface area contributed by atoms with Crippen LogP contribution < -0.4 is 5.32 Å². The average Bonchev–Trinajstić information content (AvgIpc) is 2.95. The number of nitrogens with one attached hydrogen (secondary N) is 1. The summed E-state index contributed by atoms with van der Waals surface area (Å²) in [5.74, 6) is -2.16. The van der Waals surface area contributed by atoms with Gasteiger partial charge in [0.25, 0.3) is 5.82 Å². The molecule has 0 spiro atoms. The van der Waals surface area contributed by atoms with Crippen molar-refractivity contribution in [3.63, 3.8) is 0 Å². The predicted octanol–water partition coefficient (Wildman–Crippen LogP) is 4.09. The monoisotopic (exact) mass is 380 g/mol. The summed E-state index contributed by atoms with van der Waals surface area (Å²) < 4.78 is 54.2. The number of hydrogen-bond acceptors (Lipinski definition) is 4. The third-order valence-corrected chi connectivity index (χ3v) is 4.75. The van der Waals surface area contributed by atoms with Crippen LogP contribution in [0.1, 0.15) is 44.1 Å². The van der Waals surface area contributed by atoms with Crippen LogP contribution in [0.25, 0.3) is 0 Å². The fraction of sp³-hybridized carbons (Fsp3) is 0.389. The first kappa shape index (κ1) is 17.7. The van der Waals surface area contributed by atoms with Gasteiger partial charge < -0.3 is 5.32 Å². The van der Waals surface area contributed by atoms with Gasteiger partial charge in [-0.25, -0.2) is 9.07 Å². The minimum absolute atomic E-state index is 0.110. The molecule has 0 amide bonds. The Morgan fingerprint density at radius 2 is 2.00 bits per heavy atom. The highest BCUT2D eigenvalue weighted by Gasteiger charge is 2.44. The molecule has 0 bridgehead atoms. The first-order valence-electron chi connectivity index (χ1n) is 8.38. The van der Waals surface area contributed by atoms with Crippen LogP contribution in [-0.2, 0) is 11.0 Å². The van der Waals surface area contributed by atoms with Crippen LogP contribution in [0.15, 0.2) is 35.5 Å². The van der Waals surface area contributed by atoms with Crippen molar-refractivity contribution in [2.75, 3.05) is 5.32 Å². The Bertz CT molecular complexity index is 974. The maximum atomic E-state index is 13.8. The normalized spacial score (nSPS) is 21.6.